The number of nitrogens with zero attached hydrogens (tertiary/aromatic N) is 3. The summed E-state index contributed by atoms with van der Waals surface area (Å²) in [5, 5.41) is 2.63. The number of nitrogens with one attached hydrogen (secondary N) is 1. The quantitative estimate of drug-likeness (QED) is 0.596. The number of benzene rings is 2. The summed E-state index contributed by atoms with van der Waals surface area (Å²) in [4.78, 5) is 42.2. The van der Waals surface area contributed by atoms with E-state index >= 15 is 4.39 Å². The molecule has 2 heterocycles. The molecule has 0 radical (unpaired) electrons. The predicted octanol–water partition coefficient (Wildman–Crippen LogP) is 2.86. The van der Waals surface area contributed by atoms with Crippen LogP contribution in [0, 0.1) is 11.7 Å². The highest BCUT2D eigenvalue weighted by Gasteiger charge is 2.34. The van der Waals surface area contributed by atoms with Gasteiger partial charge < -0.3 is 19.7 Å². The molecule has 10 heteroatoms. The number of hydrogen-bond donors (Lipinski definition) is 1. The third-order valence-corrected chi connectivity index (χ3v) is 7.60. The van der Waals surface area contributed by atoms with Gasteiger partial charge >= 0.3 is 6.09 Å². The molecule has 0 spiro atoms. The molecule has 1 aliphatic carbocycles. The van der Waals surface area contributed by atoms with Crippen molar-refractivity contribution in [2.45, 2.75) is 25.9 Å². The van der Waals surface area contributed by atoms with E-state index < -0.39 is 18.0 Å². The zero-order chi connectivity index (χ0) is 26.8. The molecule has 9 nitrogen and oxygen atoms in total. The Labute approximate surface area is 221 Å². The Balaban J connectivity index is 1.15. The smallest absolute Gasteiger partial charge is 0.414 e. The average Bonchev–Trinajstić information content (AvgIpc) is 3.29. The third-order valence-electron chi connectivity index (χ3n) is 7.60. The van der Waals surface area contributed by atoms with E-state index in [9.17, 15) is 14.4 Å². The maximum atomic E-state index is 15.1. The lowest BCUT2D eigenvalue weighted by molar-refractivity contribution is -0.119. The molecule has 2 aromatic rings. The standard InChI is InChI=1S/C28H33FN4O5/c1-18(34)30-15-23-17-33(28(36)38-23)21-5-8-26(25(29)14-21)32-11-9-31(10-12-32)16-20-4-3-19-13-22(37-2)6-7-24(19)27(20)35/h5-8,13-14,20,23H,3-4,9-12,15-17H2,1-2H3,(H,30,34)/t20?,23-/m0/s1. The highest BCUT2D eigenvalue weighted by atomic mass is 19.1. The Morgan fingerprint density at radius 2 is 1.92 bits per heavy atom. The average molecular weight is 525 g/mol. The van der Waals surface area contributed by atoms with Gasteiger partial charge in [0.05, 0.1) is 31.6 Å². The minimum Gasteiger partial charge on any atom is -0.497 e. The minimum absolute atomic E-state index is 0.0341. The summed E-state index contributed by atoms with van der Waals surface area (Å²) >= 11 is 0. The van der Waals surface area contributed by atoms with Crippen LogP contribution in [0.1, 0.15) is 29.3 Å². The van der Waals surface area contributed by atoms with E-state index in [1.165, 1.54) is 17.9 Å². The van der Waals surface area contributed by atoms with Gasteiger partial charge in [0.1, 0.15) is 17.7 Å². The monoisotopic (exact) mass is 524 g/mol. The molecule has 2 aliphatic heterocycles. The second-order valence-electron chi connectivity index (χ2n) is 10.1. The first-order valence-electron chi connectivity index (χ1n) is 13.0. The molecule has 2 fully saturated rings. The lowest BCUT2D eigenvalue weighted by atomic mass is 9.82. The Hall–Kier alpha value is -3.66. The summed E-state index contributed by atoms with van der Waals surface area (Å²) < 4.78 is 25.7. The van der Waals surface area contributed by atoms with Crippen LogP contribution < -0.4 is 19.9 Å². The number of halogens is 1. The van der Waals surface area contributed by atoms with Gasteiger partial charge in [-0.25, -0.2) is 9.18 Å². The van der Waals surface area contributed by atoms with E-state index in [2.05, 4.69) is 10.2 Å². The van der Waals surface area contributed by atoms with Gasteiger partial charge in [-0.3, -0.25) is 19.4 Å². The number of Topliss-reactive ketones (excluding diaryl/α,β-unsaturated/α-hetero) is 1. The molecule has 38 heavy (non-hydrogen) atoms. The van der Waals surface area contributed by atoms with Crippen molar-refractivity contribution in [3.63, 3.8) is 0 Å². The maximum Gasteiger partial charge on any atom is 0.414 e. The van der Waals surface area contributed by atoms with Gasteiger partial charge in [-0.2, -0.15) is 0 Å². The van der Waals surface area contributed by atoms with Crippen molar-refractivity contribution in [1.82, 2.24) is 10.2 Å². The van der Waals surface area contributed by atoms with E-state index in [1.807, 2.05) is 23.1 Å². The number of ketones is 1. The van der Waals surface area contributed by atoms with Gasteiger partial charge in [0.25, 0.3) is 0 Å². The minimum atomic E-state index is -0.555. The number of carbonyl (C=O) groups excluding carboxylic acids is 3. The van der Waals surface area contributed by atoms with Crippen LogP contribution in [0.3, 0.4) is 0 Å². The second-order valence-corrected chi connectivity index (χ2v) is 10.1. The number of fused-ring (bicyclic) bond motifs is 1. The van der Waals surface area contributed by atoms with Crippen LogP contribution in [-0.4, -0.2) is 81.7 Å². The maximum absolute atomic E-state index is 15.1. The molecular weight excluding hydrogens is 491 g/mol. The van der Waals surface area contributed by atoms with E-state index in [-0.39, 0.29) is 30.7 Å². The molecule has 2 saturated heterocycles. The summed E-state index contributed by atoms with van der Waals surface area (Å²) in [6.45, 7) is 5.34. The molecular formula is C28H33FN4O5. The number of anilines is 2. The van der Waals surface area contributed by atoms with E-state index in [0.717, 1.165) is 42.8 Å². The molecule has 3 aliphatic rings. The largest absolute Gasteiger partial charge is 0.497 e. The number of methoxy groups -OCH3 is 1. The lowest BCUT2D eigenvalue weighted by Crippen LogP contribution is -2.49. The van der Waals surface area contributed by atoms with Crippen molar-refractivity contribution in [3.05, 3.63) is 53.3 Å². The van der Waals surface area contributed by atoms with Gasteiger partial charge in [0, 0.05) is 51.1 Å². The van der Waals surface area contributed by atoms with Crippen molar-refractivity contribution in [1.29, 1.82) is 0 Å². The van der Waals surface area contributed by atoms with Crippen LogP contribution in [-0.2, 0) is 16.0 Å². The number of amides is 2. The Bertz CT molecular complexity index is 1230. The van der Waals surface area contributed by atoms with Crippen LogP contribution in [0.2, 0.25) is 0 Å². The molecule has 2 aromatic carbocycles. The van der Waals surface area contributed by atoms with Crippen molar-refractivity contribution < 1.29 is 28.2 Å². The molecule has 1 unspecified atom stereocenters. The van der Waals surface area contributed by atoms with Gasteiger partial charge in [0.2, 0.25) is 5.91 Å². The number of piperazine rings is 1. The number of hydrogen-bond acceptors (Lipinski definition) is 7. The molecule has 0 aromatic heterocycles. The fourth-order valence-electron chi connectivity index (χ4n) is 5.50. The lowest BCUT2D eigenvalue weighted by Gasteiger charge is -2.38. The van der Waals surface area contributed by atoms with Crippen molar-refractivity contribution >= 4 is 29.2 Å². The number of carbonyl (C=O) groups is 3. The molecule has 0 bridgehead atoms. The van der Waals surface area contributed by atoms with E-state index in [0.29, 0.717) is 31.0 Å². The van der Waals surface area contributed by atoms with Crippen LogP contribution in [0.15, 0.2) is 36.4 Å². The zero-order valence-corrected chi connectivity index (χ0v) is 21.7. The molecule has 0 saturated carbocycles. The number of aryl methyl sites for hydroxylation is 1. The Kier molecular flexibility index (Phi) is 7.51. The fraction of sp³-hybridized carbons (Fsp3) is 0.464. The summed E-state index contributed by atoms with van der Waals surface area (Å²) in [6.07, 6.45) is 0.647. The molecule has 2 amide bonds. The predicted molar refractivity (Wildman–Crippen MR) is 140 cm³/mol. The first-order valence-corrected chi connectivity index (χ1v) is 13.0. The molecule has 2 atom stereocenters. The number of rotatable bonds is 7. The van der Waals surface area contributed by atoms with E-state index in [4.69, 9.17) is 9.47 Å². The zero-order valence-electron chi connectivity index (χ0n) is 21.7. The summed E-state index contributed by atoms with van der Waals surface area (Å²) in [5.74, 6) is 0.332. The first-order chi connectivity index (χ1) is 18.3. The SMILES string of the molecule is COc1ccc2c(c1)CCC(CN1CCN(c3ccc(N4C[C@H](CNC(C)=O)OC4=O)cc3F)CC1)C2=O. The second kappa shape index (κ2) is 11.0. The summed E-state index contributed by atoms with van der Waals surface area (Å²) in [7, 11) is 1.63. The highest BCUT2D eigenvalue weighted by Crippen LogP contribution is 2.31. The summed E-state index contributed by atoms with van der Waals surface area (Å²) in [5.41, 5.74) is 2.77. The van der Waals surface area contributed by atoms with Crippen LogP contribution >= 0.6 is 0 Å². The fourth-order valence-corrected chi connectivity index (χ4v) is 5.50. The van der Waals surface area contributed by atoms with Gasteiger partial charge in [-0.1, -0.05) is 0 Å². The van der Waals surface area contributed by atoms with Gasteiger partial charge in [-0.05, 0) is 54.8 Å². The van der Waals surface area contributed by atoms with Crippen molar-refractivity contribution in [2.75, 3.05) is 62.7 Å². The van der Waals surface area contributed by atoms with Gasteiger partial charge in [0.15, 0.2) is 5.78 Å². The van der Waals surface area contributed by atoms with Crippen LogP contribution in [0.5, 0.6) is 5.75 Å². The number of ether oxygens (including phenoxy) is 2. The Morgan fingerprint density at radius 3 is 2.63 bits per heavy atom. The molecule has 5 rings (SSSR count). The van der Waals surface area contributed by atoms with Gasteiger partial charge in [-0.15, -0.1) is 0 Å². The first kappa shape index (κ1) is 26.0. The van der Waals surface area contributed by atoms with Crippen LogP contribution in [0.25, 0.3) is 0 Å². The van der Waals surface area contributed by atoms with Crippen molar-refractivity contribution in [2.24, 2.45) is 5.92 Å². The highest BCUT2D eigenvalue weighted by molar-refractivity contribution is 6.00. The van der Waals surface area contributed by atoms with Crippen molar-refractivity contribution in [3.8, 4) is 5.75 Å². The Morgan fingerprint density at radius 1 is 1.13 bits per heavy atom. The normalized spacial score (nSPS) is 21.8. The summed E-state index contributed by atoms with van der Waals surface area (Å²) in [6, 6.07) is 10.5. The number of cyclic esters (lactones) is 1. The third kappa shape index (κ3) is 5.45. The topological polar surface area (TPSA) is 91.4 Å². The van der Waals surface area contributed by atoms with E-state index in [1.54, 1.807) is 19.2 Å². The molecule has 202 valence electrons. The van der Waals surface area contributed by atoms with Crippen LogP contribution in [0.4, 0.5) is 20.6 Å². The molecule has 1 N–H and O–H groups in total.